The summed E-state index contributed by atoms with van der Waals surface area (Å²) in [6.07, 6.45) is 0.518. The fraction of sp³-hybridized carbons (Fsp3) is 0.462. The van der Waals surface area contributed by atoms with Crippen molar-refractivity contribution in [2.75, 3.05) is 12.3 Å². The number of aliphatic hydroxyl groups excluding tert-OH is 1. The molecule has 0 heterocycles. The largest absolute Gasteiger partial charge is 0.397 e. The van der Waals surface area contributed by atoms with Crippen LogP contribution in [-0.2, 0) is 0 Å². The third-order valence-corrected chi connectivity index (χ3v) is 3.19. The Balaban J connectivity index is 2.84. The van der Waals surface area contributed by atoms with Gasteiger partial charge in [0.1, 0.15) is 0 Å². The SMILES string of the molecule is CC(C)C(CCO)NC(=O)c1cccc(Cl)c1N. The Bertz CT molecular complexity index is 421. The number of hydrogen-bond donors (Lipinski definition) is 3. The van der Waals surface area contributed by atoms with Gasteiger partial charge in [0.15, 0.2) is 0 Å². The van der Waals surface area contributed by atoms with Crippen LogP contribution in [0.2, 0.25) is 5.02 Å². The minimum atomic E-state index is -0.262. The maximum Gasteiger partial charge on any atom is 0.253 e. The lowest BCUT2D eigenvalue weighted by molar-refractivity contribution is 0.0917. The van der Waals surface area contributed by atoms with Crippen molar-refractivity contribution >= 4 is 23.2 Å². The van der Waals surface area contributed by atoms with Gasteiger partial charge in [-0.25, -0.2) is 0 Å². The Morgan fingerprint density at radius 2 is 2.17 bits per heavy atom. The normalized spacial score (nSPS) is 12.5. The number of anilines is 1. The summed E-state index contributed by atoms with van der Waals surface area (Å²) in [5, 5.41) is 12.2. The molecule has 0 saturated heterocycles. The highest BCUT2D eigenvalue weighted by Gasteiger charge is 2.18. The standard InChI is InChI=1S/C13H19ClN2O2/c1-8(2)11(6-7-17)16-13(18)9-4-3-5-10(14)12(9)15/h3-5,8,11,17H,6-7,15H2,1-2H3,(H,16,18). The van der Waals surface area contributed by atoms with Crippen LogP contribution in [0.3, 0.4) is 0 Å². The van der Waals surface area contributed by atoms with Gasteiger partial charge >= 0.3 is 0 Å². The molecule has 0 aliphatic rings. The number of hydrogen-bond acceptors (Lipinski definition) is 3. The van der Waals surface area contributed by atoms with E-state index in [1.807, 2.05) is 13.8 Å². The molecule has 0 bridgehead atoms. The van der Waals surface area contributed by atoms with Gasteiger partial charge in [0.25, 0.3) is 5.91 Å². The second-order valence-corrected chi connectivity index (χ2v) is 4.94. The third kappa shape index (κ3) is 3.62. The second-order valence-electron chi connectivity index (χ2n) is 4.54. The molecule has 4 N–H and O–H groups in total. The van der Waals surface area contributed by atoms with Gasteiger partial charge in [0, 0.05) is 12.6 Å². The van der Waals surface area contributed by atoms with E-state index in [-0.39, 0.29) is 30.2 Å². The van der Waals surface area contributed by atoms with Crippen molar-refractivity contribution in [3.63, 3.8) is 0 Å². The van der Waals surface area contributed by atoms with Crippen LogP contribution in [-0.4, -0.2) is 23.7 Å². The average molecular weight is 271 g/mol. The molecule has 1 aromatic rings. The summed E-state index contributed by atoms with van der Waals surface area (Å²) in [7, 11) is 0. The predicted molar refractivity (Wildman–Crippen MR) is 73.7 cm³/mol. The topological polar surface area (TPSA) is 75.3 Å². The lowest BCUT2D eigenvalue weighted by Gasteiger charge is -2.22. The highest BCUT2D eigenvalue weighted by molar-refractivity contribution is 6.33. The van der Waals surface area contributed by atoms with Crippen LogP contribution in [0.4, 0.5) is 5.69 Å². The van der Waals surface area contributed by atoms with Crippen molar-refractivity contribution in [2.24, 2.45) is 5.92 Å². The number of nitrogens with two attached hydrogens (primary N) is 1. The maximum atomic E-state index is 12.1. The van der Waals surface area contributed by atoms with E-state index in [2.05, 4.69) is 5.32 Å². The van der Waals surface area contributed by atoms with Crippen molar-refractivity contribution < 1.29 is 9.90 Å². The minimum absolute atomic E-state index is 0.0359. The molecule has 0 spiro atoms. The molecule has 0 saturated carbocycles. The first-order chi connectivity index (χ1) is 8.47. The van der Waals surface area contributed by atoms with Crippen molar-refractivity contribution in [1.29, 1.82) is 0 Å². The molecule has 1 atom stereocenters. The van der Waals surface area contributed by atoms with Crippen LogP contribution in [0, 0.1) is 5.92 Å². The fourth-order valence-corrected chi connectivity index (χ4v) is 1.87. The number of nitrogens with one attached hydrogen (secondary N) is 1. The molecule has 4 nitrogen and oxygen atoms in total. The summed E-state index contributed by atoms with van der Waals surface area (Å²) >= 11 is 5.87. The zero-order chi connectivity index (χ0) is 13.7. The van der Waals surface area contributed by atoms with Gasteiger partial charge in [0.05, 0.1) is 16.3 Å². The second kappa shape index (κ2) is 6.61. The summed E-state index contributed by atoms with van der Waals surface area (Å²) in [6.45, 7) is 4.01. The Morgan fingerprint density at radius 1 is 1.50 bits per heavy atom. The number of amides is 1. The zero-order valence-corrected chi connectivity index (χ0v) is 11.4. The molecule has 1 unspecified atom stereocenters. The molecular weight excluding hydrogens is 252 g/mol. The minimum Gasteiger partial charge on any atom is -0.397 e. The Morgan fingerprint density at radius 3 is 2.72 bits per heavy atom. The fourth-order valence-electron chi connectivity index (χ4n) is 1.69. The highest BCUT2D eigenvalue weighted by Crippen LogP contribution is 2.22. The summed E-state index contributed by atoms with van der Waals surface area (Å²) in [6, 6.07) is 4.87. The van der Waals surface area contributed by atoms with E-state index in [1.54, 1.807) is 18.2 Å². The quantitative estimate of drug-likeness (QED) is 0.717. The van der Waals surface area contributed by atoms with E-state index in [1.165, 1.54) is 0 Å². The molecule has 0 aliphatic carbocycles. The number of carbonyl (C=O) groups excluding carboxylic acids is 1. The number of halogens is 1. The average Bonchev–Trinajstić information content (AvgIpc) is 2.31. The molecule has 5 heteroatoms. The number of benzene rings is 1. The zero-order valence-electron chi connectivity index (χ0n) is 10.6. The first-order valence-corrected chi connectivity index (χ1v) is 6.30. The van der Waals surface area contributed by atoms with Crippen molar-refractivity contribution in [3.8, 4) is 0 Å². The van der Waals surface area contributed by atoms with E-state index in [4.69, 9.17) is 22.4 Å². The van der Waals surface area contributed by atoms with Gasteiger partial charge in [-0.05, 0) is 24.5 Å². The molecule has 0 radical (unpaired) electrons. The van der Waals surface area contributed by atoms with Crippen LogP contribution >= 0.6 is 11.6 Å². The molecule has 0 fully saturated rings. The monoisotopic (exact) mass is 270 g/mol. The van der Waals surface area contributed by atoms with Crippen molar-refractivity contribution in [1.82, 2.24) is 5.32 Å². The summed E-state index contributed by atoms with van der Waals surface area (Å²) in [4.78, 5) is 12.1. The number of para-hydroxylation sites is 1. The predicted octanol–water partition coefficient (Wildman–Crippen LogP) is 2.06. The number of nitrogen functional groups attached to an aromatic ring is 1. The molecule has 18 heavy (non-hydrogen) atoms. The van der Waals surface area contributed by atoms with Crippen molar-refractivity contribution in [2.45, 2.75) is 26.3 Å². The van der Waals surface area contributed by atoms with Crippen LogP contribution in [0.25, 0.3) is 0 Å². The van der Waals surface area contributed by atoms with Gasteiger partial charge < -0.3 is 16.2 Å². The van der Waals surface area contributed by atoms with Gasteiger partial charge in [-0.3, -0.25) is 4.79 Å². The van der Waals surface area contributed by atoms with E-state index in [0.717, 1.165) is 0 Å². The van der Waals surface area contributed by atoms with Crippen LogP contribution < -0.4 is 11.1 Å². The Kier molecular flexibility index (Phi) is 5.44. The van der Waals surface area contributed by atoms with E-state index in [0.29, 0.717) is 17.0 Å². The Hall–Kier alpha value is -1.26. The van der Waals surface area contributed by atoms with E-state index < -0.39 is 0 Å². The van der Waals surface area contributed by atoms with Gasteiger partial charge in [-0.15, -0.1) is 0 Å². The summed E-state index contributed by atoms with van der Waals surface area (Å²) in [5.41, 5.74) is 6.41. The number of carbonyl (C=O) groups is 1. The Labute approximate surface area is 112 Å². The molecule has 0 aliphatic heterocycles. The lowest BCUT2D eigenvalue weighted by atomic mass is 10.0. The summed E-state index contributed by atoms with van der Waals surface area (Å²) in [5.74, 6) is -0.0244. The van der Waals surface area contributed by atoms with Crippen molar-refractivity contribution in [3.05, 3.63) is 28.8 Å². The first kappa shape index (κ1) is 14.8. The smallest absolute Gasteiger partial charge is 0.253 e. The van der Waals surface area contributed by atoms with Gasteiger partial charge in [-0.2, -0.15) is 0 Å². The number of rotatable bonds is 5. The lowest BCUT2D eigenvalue weighted by Crippen LogP contribution is -2.39. The molecule has 0 aromatic heterocycles. The highest BCUT2D eigenvalue weighted by atomic mass is 35.5. The van der Waals surface area contributed by atoms with Crippen LogP contribution in [0.1, 0.15) is 30.6 Å². The van der Waals surface area contributed by atoms with Crippen LogP contribution in [0.15, 0.2) is 18.2 Å². The maximum absolute atomic E-state index is 12.1. The molecule has 1 rings (SSSR count). The van der Waals surface area contributed by atoms with Gasteiger partial charge in [0.2, 0.25) is 0 Å². The van der Waals surface area contributed by atoms with Gasteiger partial charge in [-0.1, -0.05) is 31.5 Å². The van der Waals surface area contributed by atoms with E-state index >= 15 is 0 Å². The van der Waals surface area contributed by atoms with E-state index in [9.17, 15) is 4.79 Å². The molecule has 1 aromatic carbocycles. The number of aliphatic hydroxyl groups is 1. The third-order valence-electron chi connectivity index (χ3n) is 2.86. The van der Waals surface area contributed by atoms with Crippen LogP contribution in [0.5, 0.6) is 0 Å². The summed E-state index contributed by atoms with van der Waals surface area (Å²) < 4.78 is 0. The molecule has 100 valence electrons. The molecule has 1 amide bonds. The first-order valence-electron chi connectivity index (χ1n) is 5.93. The molecular formula is C13H19ClN2O2.